The molecule has 40 heavy (non-hydrogen) atoms. The summed E-state index contributed by atoms with van der Waals surface area (Å²) in [5.41, 5.74) is 10.5. The van der Waals surface area contributed by atoms with Crippen LogP contribution in [-0.2, 0) is 20.8 Å². The molecule has 0 fully saturated rings. The van der Waals surface area contributed by atoms with Gasteiger partial charge >= 0.3 is 64.8 Å². The number of hydrogen-bond acceptors (Lipinski definition) is 0. The van der Waals surface area contributed by atoms with Crippen molar-refractivity contribution in [1.82, 2.24) is 0 Å². The monoisotopic (exact) mass is 702 g/mol. The van der Waals surface area contributed by atoms with E-state index in [-0.39, 0.29) is 0 Å². The van der Waals surface area contributed by atoms with Crippen molar-refractivity contribution in [2.45, 2.75) is 39.2 Å². The van der Waals surface area contributed by atoms with Crippen LogP contribution in [0.4, 0.5) is 0 Å². The van der Waals surface area contributed by atoms with E-state index >= 15 is 0 Å². The first-order valence-corrected chi connectivity index (χ1v) is 23.8. The Hall–Kier alpha value is -1.89. The molecule has 6 aromatic carbocycles. The number of fused-ring (bicyclic) bond motifs is 2. The molecule has 0 bridgehead atoms. The molecule has 0 saturated carbocycles. The third-order valence-electron chi connectivity index (χ3n) is 6.52. The van der Waals surface area contributed by atoms with E-state index in [2.05, 4.69) is 148 Å². The normalized spacial score (nSPS) is 10.0. The van der Waals surface area contributed by atoms with Crippen LogP contribution in [0, 0.1) is 27.7 Å². The molecule has 0 nitrogen and oxygen atoms in total. The Kier molecular flexibility index (Phi) is 13.5. The quantitative estimate of drug-likeness (QED) is 0.124. The van der Waals surface area contributed by atoms with Gasteiger partial charge < -0.3 is 0 Å². The van der Waals surface area contributed by atoms with Crippen molar-refractivity contribution in [3.63, 3.8) is 0 Å². The van der Waals surface area contributed by atoms with Crippen LogP contribution < -0.4 is 0 Å². The average Bonchev–Trinajstić information content (AvgIpc) is 3.51. The fourth-order valence-electron chi connectivity index (χ4n) is 4.74. The van der Waals surface area contributed by atoms with Crippen LogP contribution in [0.5, 0.6) is 0 Å². The second-order valence-corrected chi connectivity index (χ2v) is 15.8. The Morgan fingerprint density at radius 3 is 1.20 bits per heavy atom. The maximum absolute atomic E-state index is 4.93. The first-order chi connectivity index (χ1) is 19.3. The predicted octanol–water partition coefficient (Wildman–Crippen LogP) is 11.8. The van der Waals surface area contributed by atoms with Crippen molar-refractivity contribution in [1.29, 1.82) is 0 Å². The summed E-state index contributed by atoms with van der Waals surface area (Å²) in [5, 5.41) is 5.38. The molecule has 0 spiro atoms. The van der Waals surface area contributed by atoms with Gasteiger partial charge in [-0.3, -0.25) is 0 Å². The third-order valence-corrected chi connectivity index (χ3v) is 6.52. The second kappa shape index (κ2) is 16.5. The first-order valence-electron chi connectivity index (χ1n) is 13.3. The van der Waals surface area contributed by atoms with Crippen LogP contribution in [0.1, 0.15) is 22.3 Å². The van der Waals surface area contributed by atoms with Crippen LogP contribution in [-0.4, -0.2) is 15.4 Å². The molecule has 2 radical (unpaired) electrons. The summed E-state index contributed by atoms with van der Waals surface area (Å²) in [4.78, 5) is 0. The topological polar surface area (TPSA) is 0 Å². The van der Waals surface area contributed by atoms with Gasteiger partial charge in [0, 0.05) is 0 Å². The van der Waals surface area contributed by atoms with Crippen molar-refractivity contribution in [3.05, 3.63) is 131 Å². The van der Waals surface area contributed by atoms with Crippen molar-refractivity contribution in [2.75, 3.05) is 0 Å². The molecule has 0 amide bonds. The van der Waals surface area contributed by atoms with Gasteiger partial charge in [0.05, 0.1) is 0 Å². The standard InChI is InChI=1S/2C17H15.C2H6Ge.2ClH.Zr/c2*1-12-6-8-14(9-7-12)16-5-3-4-15-10-13(2)11-17(15)16;1-3-2;;;/h2*3-11H,1-2H3;1-2H3;2*1H;/q2*-1;;;;+4/p-2. The van der Waals surface area contributed by atoms with Gasteiger partial charge in [-0.25, -0.2) is 0 Å². The van der Waals surface area contributed by atoms with Gasteiger partial charge in [0.15, 0.2) is 0 Å². The van der Waals surface area contributed by atoms with Gasteiger partial charge in [0.25, 0.3) is 0 Å². The molecule has 0 N–H and O–H groups in total. The Morgan fingerprint density at radius 2 is 0.875 bits per heavy atom. The zero-order valence-electron chi connectivity index (χ0n) is 24.1. The van der Waals surface area contributed by atoms with E-state index in [9.17, 15) is 0 Å². The summed E-state index contributed by atoms with van der Waals surface area (Å²) in [6.07, 6.45) is 0. The first kappa shape index (κ1) is 32.6. The summed E-state index contributed by atoms with van der Waals surface area (Å²) in [6, 6.07) is 39.5. The third kappa shape index (κ3) is 9.05. The predicted molar refractivity (Wildman–Crippen MR) is 178 cm³/mol. The number of rotatable bonds is 2. The minimum absolute atomic E-state index is 0.500. The summed E-state index contributed by atoms with van der Waals surface area (Å²) >= 11 is -0.326. The fourth-order valence-corrected chi connectivity index (χ4v) is 4.74. The van der Waals surface area contributed by atoms with E-state index in [1.54, 1.807) is 0 Å². The molecule has 6 rings (SSSR count). The number of halogens is 2. The van der Waals surface area contributed by atoms with Crippen LogP contribution >= 0.6 is 17.0 Å². The molecule has 4 heteroatoms. The molecule has 0 atom stereocenters. The van der Waals surface area contributed by atoms with Crippen LogP contribution in [0.2, 0.25) is 11.5 Å². The van der Waals surface area contributed by atoms with Gasteiger partial charge in [-0.15, -0.1) is 69.1 Å². The molecule has 0 aromatic heterocycles. The average molecular weight is 703 g/mol. The van der Waals surface area contributed by atoms with Crippen molar-refractivity contribution in [3.8, 4) is 22.3 Å². The summed E-state index contributed by atoms with van der Waals surface area (Å²) in [7, 11) is 9.87. The molecule has 0 unspecified atom stereocenters. The van der Waals surface area contributed by atoms with E-state index in [0.29, 0.717) is 15.4 Å². The van der Waals surface area contributed by atoms with E-state index in [1.165, 1.54) is 66.1 Å². The van der Waals surface area contributed by atoms with E-state index in [0.717, 1.165) is 0 Å². The Labute approximate surface area is 265 Å². The summed E-state index contributed by atoms with van der Waals surface area (Å²) in [6.45, 7) is 8.55. The molecule has 0 aliphatic carbocycles. The summed E-state index contributed by atoms with van der Waals surface area (Å²) in [5.74, 6) is 4.50. The van der Waals surface area contributed by atoms with Gasteiger partial charge in [-0.05, 0) is 25.0 Å². The van der Waals surface area contributed by atoms with Gasteiger partial charge in [0.1, 0.15) is 0 Å². The Balaban J connectivity index is 0.000000185. The van der Waals surface area contributed by atoms with Gasteiger partial charge in [0.2, 0.25) is 0 Å². The zero-order valence-corrected chi connectivity index (χ0v) is 30.2. The van der Waals surface area contributed by atoms with Crippen molar-refractivity contribution < 1.29 is 20.8 Å². The molecular formula is C36H36Cl2GeZr. The molecule has 0 heterocycles. The molecule has 0 aliphatic rings. The van der Waals surface area contributed by atoms with Crippen molar-refractivity contribution in [2.24, 2.45) is 0 Å². The molecule has 6 aromatic rings. The van der Waals surface area contributed by atoms with E-state index < -0.39 is 20.8 Å². The maximum atomic E-state index is 4.93. The van der Waals surface area contributed by atoms with Gasteiger partial charge in [-0.2, -0.15) is 12.1 Å². The van der Waals surface area contributed by atoms with Crippen LogP contribution in [0.3, 0.4) is 0 Å². The summed E-state index contributed by atoms with van der Waals surface area (Å²) < 4.78 is 0. The van der Waals surface area contributed by atoms with E-state index in [1.807, 2.05) is 0 Å². The molecular weight excluding hydrogens is 667 g/mol. The van der Waals surface area contributed by atoms with E-state index in [4.69, 9.17) is 17.0 Å². The molecule has 202 valence electrons. The Bertz CT molecular complexity index is 1490. The fraction of sp³-hybridized carbons (Fsp3) is 0.167. The zero-order chi connectivity index (χ0) is 29.1. The van der Waals surface area contributed by atoms with Gasteiger partial charge in [-0.1, -0.05) is 96.8 Å². The molecule has 0 aliphatic heterocycles. The number of hydrogen-bond donors (Lipinski definition) is 0. The van der Waals surface area contributed by atoms with Crippen LogP contribution in [0.25, 0.3) is 43.8 Å². The Morgan fingerprint density at radius 1 is 0.550 bits per heavy atom. The second-order valence-electron chi connectivity index (χ2n) is 9.99. The van der Waals surface area contributed by atoms with Crippen LogP contribution in [0.15, 0.2) is 109 Å². The van der Waals surface area contributed by atoms with Crippen molar-refractivity contribution >= 4 is 54.0 Å². The number of aryl methyl sites for hydroxylation is 4. The molecule has 0 saturated heterocycles. The minimum atomic E-state index is -0.826. The number of benzene rings is 4. The SMILES string of the molecule is Cc1ccc(-c2cccc3[cH-]c(C)cc23)cc1.Cc1ccc(-c2cccc3[cH-]c(C)cc23)cc1.[CH3][Ge][CH3].[Cl][Zr+2][Cl].